The maximum atomic E-state index is 13.3. The number of non-ortho nitro benzene ring substituents is 1. The Morgan fingerprint density at radius 1 is 1.56 bits per heavy atom. The number of hydrogen-bond donors (Lipinski definition) is 0. The molecule has 0 aliphatic rings. The first-order valence-corrected chi connectivity index (χ1v) is 4.64. The molecule has 0 radical (unpaired) electrons. The van der Waals surface area contributed by atoms with E-state index in [0.717, 1.165) is 6.07 Å². The van der Waals surface area contributed by atoms with E-state index in [-0.39, 0.29) is 17.4 Å². The summed E-state index contributed by atoms with van der Waals surface area (Å²) in [6.07, 6.45) is 1.08. The zero-order valence-electron chi connectivity index (χ0n) is 8.88. The van der Waals surface area contributed by atoms with E-state index in [1.807, 2.05) is 0 Å². The van der Waals surface area contributed by atoms with Gasteiger partial charge in [0.25, 0.3) is 5.69 Å². The minimum Gasteiger partial charge on any atom is -0.393 e. The quantitative estimate of drug-likeness (QED) is 0.450. The highest BCUT2D eigenvalue weighted by atomic mass is 19.1. The smallest absolute Gasteiger partial charge is 0.272 e. The van der Waals surface area contributed by atoms with Crippen molar-refractivity contribution in [1.82, 2.24) is 0 Å². The van der Waals surface area contributed by atoms with E-state index in [1.165, 1.54) is 18.3 Å². The van der Waals surface area contributed by atoms with Gasteiger partial charge >= 0.3 is 0 Å². The molecule has 0 aromatic heterocycles. The Bertz CT molecular complexity index is 419. The molecule has 1 aromatic rings. The van der Waals surface area contributed by atoms with Gasteiger partial charge < -0.3 is 4.84 Å². The summed E-state index contributed by atoms with van der Waals surface area (Å²) < 4.78 is 13.3. The first-order chi connectivity index (χ1) is 7.50. The van der Waals surface area contributed by atoms with E-state index in [0.29, 0.717) is 0 Å². The summed E-state index contributed by atoms with van der Waals surface area (Å²) in [5.41, 5.74) is -0.148. The monoisotopic (exact) mass is 226 g/mol. The highest BCUT2D eigenvalue weighted by molar-refractivity contribution is 5.79. The molecule has 0 saturated carbocycles. The molecule has 0 fully saturated rings. The molecule has 16 heavy (non-hydrogen) atoms. The molecule has 0 aliphatic heterocycles. The van der Waals surface area contributed by atoms with Gasteiger partial charge in [-0.25, -0.2) is 4.39 Å². The Balaban J connectivity index is 2.83. The van der Waals surface area contributed by atoms with E-state index in [1.54, 1.807) is 13.8 Å². The largest absolute Gasteiger partial charge is 0.393 e. The minimum absolute atomic E-state index is 0.0997. The lowest BCUT2D eigenvalue weighted by Crippen LogP contribution is -1.97. The molecule has 0 aliphatic carbocycles. The molecule has 0 spiro atoms. The van der Waals surface area contributed by atoms with E-state index in [9.17, 15) is 14.5 Å². The zero-order valence-corrected chi connectivity index (χ0v) is 8.88. The standard InChI is InChI=1S/C10H11FN2O3/c1-7(2)16-12-6-8-3-4-9(13(14)15)5-10(8)11/h3-7H,1-2H3/b12-6+. The van der Waals surface area contributed by atoms with Crippen molar-refractivity contribution in [3.63, 3.8) is 0 Å². The summed E-state index contributed by atoms with van der Waals surface area (Å²) in [6.45, 7) is 3.56. The molecule has 0 amide bonds. The van der Waals surface area contributed by atoms with Gasteiger partial charge in [0.1, 0.15) is 11.9 Å². The number of benzene rings is 1. The Morgan fingerprint density at radius 3 is 2.75 bits per heavy atom. The maximum Gasteiger partial charge on any atom is 0.272 e. The number of nitrogens with zero attached hydrogens (tertiary/aromatic N) is 2. The van der Waals surface area contributed by atoms with Crippen LogP contribution < -0.4 is 0 Å². The van der Waals surface area contributed by atoms with Crippen LogP contribution in [0.2, 0.25) is 0 Å². The number of rotatable bonds is 4. The van der Waals surface area contributed by atoms with Crippen LogP contribution >= 0.6 is 0 Å². The number of nitro benzene ring substituents is 1. The fourth-order valence-electron chi connectivity index (χ4n) is 0.943. The topological polar surface area (TPSA) is 64.7 Å². The molecule has 0 bridgehead atoms. The van der Waals surface area contributed by atoms with Crippen LogP contribution in [0.15, 0.2) is 23.4 Å². The van der Waals surface area contributed by atoms with Crippen LogP contribution in [0.1, 0.15) is 19.4 Å². The number of halogens is 1. The molecule has 6 heteroatoms. The lowest BCUT2D eigenvalue weighted by Gasteiger charge is -2.01. The fraction of sp³-hybridized carbons (Fsp3) is 0.300. The Kier molecular flexibility index (Phi) is 3.93. The average molecular weight is 226 g/mol. The first kappa shape index (κ1) is 12.1. The van der Waals surface area contributed by atoms with Crippen LogP contribution in [-0.4, -0.2) is 17.2 Å². The Hall–Kier alpha value is -1.98. The van der Waals surface area contributed by atoms with Gasteiger partial charge in [0.05, 0.1) is 17.2 Å². The van der Waals surface area contributed by atoms with Crippen molar-refractivity contribution in [1.29, 1.82) is 0 Å². The third-order valence-electron chi connectivity index (χ3n) is 1.66. The van der Waals surface area contributed by atoms with Crippen LogP contribution in [0.3, 0.4) is 0 Å². The van der Waals surface area contributed by atoms with Crippen LogP contribution in [0, 0.1) is 15.9 Å². The number of oxime groups is 1. The van der Waals surface area contributed by atoms with Crippen molar-refractivity contribution in [3.05, 3.63) is 39.7 Å². The lowest BCUT2D eigenvalue weighted by molar-refractivity contribution is -0.385. The van der Waals surface area contributed by atoms with Crippen molar-refractivity contribution >= 4 is 11.9 Å². The van der Waals surface area contributed by atoms with Crippen molar-refractivity contribution in [2.45, 2.75) is 20.0 Å². The van der Waals surface area contributed by atoms with Gasteiger partial charge in [-0.1, -0.05) is 5.16 Å². The Labute approximate surface area is 91.7 Å². The number of nitro groups is 1. The summed E-state index contributed by atoms with van der Waals surface area (Å²) in [5, 5.41) is 13.9. The minimum atomic E-state index is -0.703. The second-order valence-electron chi connectivity index (χ2n) is 3.35. The predicted molar refractivity (Wildman–Crippen MR) is 56.9 cm³/mol. The van der Waals surface area contributed by atoms with Crippen LogP contribution in [0.5, 0.6) is 0 Å². The van der Waals surface area contributed by atoms with Gasteiger partial charge in [-0.05, 0) is 19.9 Å². The van der Waals surface area contributed by atoms with Gasteiger partial charge in [-0.15, -0.1) is 0 Å². The third kappa shape index (κ3) is 3.30. The fourth-order valence-corrected chi connectivity index (χ4v) is 0.943. The van der Waals surface area contributed by atoms with Gasteiger partial charge in [0, 0.05) is 11.6 Å². The molecule has 1 aromatic carbocycles. The zero-order chi connectivity index (χ0) is 12.1. The second kappa shape index (κ2) is 5.20. The van der Waals surface area contributed by atoms with Gasteiger partial charge in [0.2, 0.25) is 0 Å². The first-order valence-electron chi connectivity index (χ1n) is 4.64. The third-order valence-corrected chi connectivity index (χ3v) is 1.66. The summed E-state index contributed by atoms with van der Waals surface area (Å²) in [5.74, 6) is -0.703. The molecule has 0 saturated heterocycles. The van der Waals surface area contributed by atoms with Crippen LogP contribution in [0.25, 0.3) is 0 Å². The van der Waals surface area contributed by atoms with Gasteiger partial charge in [-0.2, -0.15) is 0 Å². The van der Waals surface area contributed by atoms with Crippen molar-refractivity contribution in [2.75, 3.05) is 0 Å². The molecule has 0 N–H and O–H groups in total. The van der Waals surface area contributed by atoms with Crippen molar-refractivity contribution < 1.29 is 14.2 Å². The van der Waals surface area contributed by atoms with E-state index in [4.69, 9.17) is 4.84 Å². The highest BCUT2D eigenvalue weighted by Crippen LogP contribution is 2.15. The average Bonchev–Trinajstić information content (AvgIpc) is 2.19. The normalized spacial score (nSPS) is 11.0. The van der Waals surface area contributed by atoms with Gasteiger partial charge in [0.15, 0.2) is 0 Å². The number of hydrogen-bond acceptors (Lipinski definition) is 4. The second-order valence-corrected chi connectivity index (χ2v) is 3.35. The molecule has 86 valence electrons. The molecule has 0 heterocycles. The van der Waals surface area contributed by atoms with Crippen molar-refractivity contribution in [2.24, 2.45) is 5.16 Å². The van der Waals surface area contributed by atoms with Crippen molar-refractivity contribution in [3.8, 4) is 0 Å². The highest BCUT2D eigenvalue weighted by Gasteiger charge is 2.09. The van der Waals surface area contributed by atoms with Gasteiger partial charge in [-0.3, -0.25) is 10.1 Å². The van der Waals surface area contributed by atoms with Crippen LogP contribution in [-0.2, 0) is 4.84 Å². The summed E-state index contributed by atoms with van der Waals surface area (Å²) in [6, 6.07) is 3.33. The van der Waals surface area contributed by atoms with E-state index >= 15 is 0 Å². The maximum absolute atomic E-state index is 13.3. The molecule has 5 nitrogen and oxygen atoms in total. The SMILES string of the molecule is CC(C)O/N=C/c1ccc([N+](=O)[O-])cc1F. The summed E-state index contributed by atoms with van der Waals surface area (Å²) in [7, 11) is 0. The predicted octanol–water partition coefficient (Wildman–Crippen LogP) is 2.49. The molecular formula is C10H11FN2O3. The van der Waals surface area contributed by atoms with Crippen LogP contribution in [0.4, 0.5) is 10.1 Å². The summed E-state index contributed by atoms with van der Waals surface area (Å²) >= 11 is 0. The molecule has 0 atom stereocenters. The summed E-state index contributed by atoms with van der Waals surface area (Å²) in [4.78, 5) is 14.5. The molecule has 0 unspecified atom stereocenters. The lowest BCUT2D eigenvalue weighted by atomic mass is 10.2. The van der Waals surface area contributed by atoms with E-state index < -0.39 is 10.7 Å². The Morgan fingerprint density at radius 2 is 2.25 bits per heavy atom. The van der Waals surface area contributed by atoms with E-state index in [2.05, 4.69) is 5.16 Å². The molecule has 1 rings (SSSR count). The molecular weight excluding hydrogens is 215 g/mol.